The van der Waals surface area contributed by atoms with Gasteiger partial charge in [0.2, 0.25) is 5.78 Å². The number of hydrogen-bond donors (Lipinski definition) is 0. The van der Waals surface area contributed by atoms with Crippen LogP contribution in [0.2, 0.25) is 0 Å². The molecule has 0 aromatic heterocycles. The van der Waals surface area contributed by atoms with Crippen molar-refractivity contribution in [1.29, 1.82) is 0 Å². The van der Waals surface area contributed by atoms with Gasteiger partial charge < -0.3 is 0 Å². The van der Waals surface area contributed by atoms with Gasteiger partial charge in [-0.05, 0) is 30.2 Å². The average Bonchev–Trinajstić information content (AvgIpc) is 2.39. The van der Waals surface area contributed by atoms with E-state index >= 15 is 0 Å². The van der Waals surface area contributed by atoms with Gasteiger partial charge in [-0.15, -0.1) is 0 Å². The zero-order valence-electron chi connectivity index (χ0n) is 8.98. The van der Waals surface area contributed by atoms with Crippen LogP contribution in [0.25, 0.3) is 0 Å². The van der Waals surface area contributed by atoms with Crippen molar-refractivity contribution in [3.8, 4) is 11.8 Å². The summed E-state index contributed by atoms with van der Waals surface area (Å²) >= 11 is 0. The highest BCUT2D eigenvalue weighted by Gasteiger charge is 1.99. The highest BCUT2D eigenvalue weighted by Crippen LogP contribution is 2.02. The number of carbonyl (C=O) groups excluding carboxylic acids is 1. The van der Waals surface area contributed by atoms with E-state index in [4.69, 9.17) is 0 Å². The van der Waals surface area contributed by atoms with E-state index in [1.165, 1.54) is 12.1 Å². The molecule has 0 aliphatic carbocycles. The Morgan fingerprint density at radius 1 is 0.941 bits per heavy atom. The van der Waals surface area contributed by atoms with Crippen molar-refractivity contribution in [1.82, 2.24) is 0 Å². The summed E-state index contributed by atoms with van der Waals surface area (Å²) in [4.78, 5) is 11.6. The Kier molecular flexibility index (Phi) is 3.32. The molecule has 17 heavy (non-hydrogen) atoms. The second-order valence-electron chi connectivity index (χ2n) is 3.45. The number of rotatable bonds is 1. The summed E-state index contributed by atoms with van der Waals surface area (Å²) in [6, 6.07) is 14.5. The molecule has 0 aliphatic heterocycles. The van der Waals surface area contributed by atoms with Gasteiger partial charge >= 0.3 is 0 Å². The predicted molar refractivity (Wildman–Crippen MR) is 64.1 cm³/mol. The molecule has 0 radical (unpaired) electrons. The Balaban J connectivity index is 2.17. The van der Waals surface area contributed by atoms with Crippen LogP contribution < -0.4 is 0 Å². The Bertz CT molecular complexity index is 574. The highest BCUT2D eigenvalue weighted by atomic mass is 19.1. The van der Waals surface area contributed by atoms with Gasteiger partial charge in [-0.3, -0.25) is 4.79 Å². The van der Waals surface area contributed by atoms with Crippen LogP contribution in [0.3, 0.4) is 0 Å². The van der Waals surface area contributed by atoms with Crippen LogP contribution in [0.15, 0.2) is 54.6 Å². The minimum atomic E-state index is -0.315. The molecule has 0 unspecified atom stereocenters. The molecule has 2 rings (SSSR count). The van der Waals surface area contributed by atoms with Gasteiger partial charge in [0, 0.05) is 11.1 Å². The molecule has 0 aliphatic rings. The van der Waals surface area contributed by atoms with E-state index in [2.05, 4.69) is 11.8 Å². The summed E-state index contributed by atoms with van der Waals surface area (Å²) in [6.07, 6.45) is 0. The largest absolute Gasteiger partial charge is 0.279 e. The van der Waals surface area contributed by atoms with Crippen molar-refractivity contribution in [2.24, 2.45) is 0 Å². The molecule has 0 atom stereocenters. The monoisotopic (exact) mass is 224 g/mol. The zero-order chi connectivity index (χ0) is 12.1. The number of carbonyl (C=O) groups is 1. The van der Waals surface area contributed by atoms with Crippen molar-refractivity contribution in [3.05, 3.63) is 71.5 Å². The topological polar surface area (TPSA) is 17.1 Å². The molecule has 2 aromatic rings. The van der Waals surface area contributed by atoms with Gasteiger partial charge in [-0.25, -0.2) is 4.39 Å². The third-order valence-electron chi connectivity index (χ3n) is 2.20. The quantitative estimate of drug-likeness (QED) is 0.537. The molecule has 0 fully saturated rings. The third kappa shape index (κ3) is 3.02. The smallest absolute Gasteiger partial charge is 0.236 e. The Morgan fingerprint density at radius 2 is 1.59 bits per heavy atom. The Hall–Kier alpha value is -2.40. The molecule has 0 spiro atoms. The fourth-order valence-corrected chi connectivity index (χ4v) is 1.32. The molecule has 2 aromatic carbocycles. The van der Waals surface area contributed by atoms with Crippen LogP contribution >= 0.6 is 0 Å². The lowest BCUT2D eigenvalue weighted by molar-refractivity contribution is 0.105. The number of benzene rings is 2. The molecule has 2 heteroatoms. The first-order valence-corrected chi connectivity index (χ1v) is 5.13. The van der Waals surface area contributed by atoms with Crippen LogP contribution in [0.5, 0.6) is 0 Å². The van der Waals surface area contributed by atoms with E-state index in [1.54, 1.807) is 36.4 Å². The minimum absolute atomic E-state index is 0.241. The highest BCUT2D eigenvalue weighted by molar-refractivity contribution is 6.09. The lowest BCUT2D eigenvalue weighted by atomic mass is 10.1. The standard InChI is InChI=1S/C15H9FO/c16-14-9-6-12(7-10-14)8-11-15(17)13-4-2-1-3-5-13/h1-7,9-10H. The SMILES string of the molecule is O=C(C#Cc1ccc(F)cc1)c1ccccc1. The maximum atomic E-state index is 12.6. The molecule has 0 heterocycles. The second kappa shape index (κ2) is 5.09. The van der Waals surface area contributed by atoms with Gasteiger partial charge in [0.25, 0.3) is 0 Å². The van der Waals surface area contributed by atoms with Gasteiger partial charge in [0.15, 0.2) is 0 Å². The molecule has 0 saturated heterocycles. The number of hydrogen-bond acceptors (Lipinski definition) is 1. The van der Waals surface area contributed by atoms with Crippen molar-refractivity contribution < 1.29 is 9.18 Å². The lowest BCUT2D eigenvalue weighted by Crippen LogP contribution is -1.93. The van der Waals surface area contributed by atoms with Gasteiger partial charge in [0.1, 0.15) is 5.82 Å². The average molecular weight is 224 g/mol. The number of Topliss-reactive ketones (excluding diaryl/α,β-unsaturated/α-hetero) is 1. The predicted octanol–water partition coefficient (Wildman–Crippen LogP) is 3.06. The molecule has 82 valence electrons. The van der Waals surface area contributed by atoms with Crippen molar-refractivity contribution in [2.45, 2.75) is 0 Å². The summed E-state index contributed by atoms with van der Waals surface area (Å²) < 4.78 is 12.6. The van der Waals surface area contributed by atoms with Crippen LogP contribution in [-0.2, 0) is 0 Å². The molecule has 0 N–H and O–H groups in total. The van der Waals surface area contributed by atoms with E-state index < -0.39 is 0 Å². The maximum Gasteiger partial charge on any atom is 0.236 e. The fourth-order valence-electron chi connectivity index (χ4n) is 1.32. The van der Waals surface area contributed by atoms with Crippen LogP contribution in [0, 0.1) is 17.7 Å². The van der Waals surface area contributed by atoms with Gasteiger partial charge in [-0.1, -0.05) is 36.3 Å². The van der Waals surface area contributed by atoms with Crippen molar-refractivity contribution in [2.75, 3.05) is 0 Å². The van der Waals surface area contributed by atoms with E-state index in [9.17, 15) is 9.18 Å². The molecule has 1 nitrogen and oxygen atoms in total. The van der Waals surface area contributed by atoms with Crippen LogP contribution in [0.4, 0.5) is 4.39 Å². The minimum Gasteiger partial charge on any atom is -0.279 e. The lowest BCUT2D eigenvalue weighted by Gasteiger charge is -1.91. The normalized spacial score (nSPS) is 9.24. The summed E-state index contributed by atoms with van der Waals surface area (Å²) in [6.45, 7) is 0. The molecule has 0 saturated carbocycles. The zero-order valence-corrected chi connectivity index (χ0v) is 8.98. The van der Waals surface area contributed by atoms with E-state index in [0.29, 0.717) is 11.1 Å². The van der Waals surface area contributed by atoms with Crippen LogP contribution in [0.1, 0.15) is 15.9 Å². The van der Waals surface area contributed by atoms with E-state index in [0.717, 1.165) is 0 Å². The first-order valence-electron chi connectivity index (χ1n) is 5.13. The van der Waals surface area contributed by atoms with Gasteiger partial charge in [-0.2, -0.15) is 0 Å². The summed E-state index contributed by atoms with van der Waals surface area (Å²) in [5, 5.41) is 0. The van der Waals surface area contributed by atoms with Crippen LogP contribution in [-0.4, -0.2) is 5.78 Å². The molecular formula is C15H9FO. The van der Waals surface area contributed by atoms with Crippen molar-refractivity contribution in [3.63, 3.8) is 0 Å². The van der Waals surface area contributed by atoms with E-state index in [1.807, 2.05) is 6.07 Å². The summed E-state index contributed by atoms with van der Waals surface area (Å²) in [5.41, 5.74) is 1.18. The third-order valence-corrected chi connectivity index (χ3v) is 2.20. The molecule has 0 amide bonds. The number of ketones is 1. The van der Waals surface area contributed by atoms with Crippen molar-refractivity contribution >= 4 is 5.78 Å². The maximum absolute atomic E-state index is 12.6. The summed E-state index contributed by atoms with van der Waals surface area (Å²) in [5.74, 6) is 4.67. The molecule has 0 bridgehead atoms. The summed E-state index contributed by atoms with van der Waals surface area (Å²) in [7, 11) is 0. The fraction of sp³-hybridized carbons (Fsp3) is 0. The first kappa shape index (κ1) is 11.1. The Morgan fingerprint density at radius 3 is 2.24 bits per heavy atom. The first-order chi connectivity index (χ1) is 8.25. The second-order valence-corrected chi connectivity index (χ2v) is 3.45. The number of halogens is 1. The molecular weight excluding hydrogens is 215 g/mol. The van der Waals surface area contributed by atoms with Gasteiger partial charge in [0.05, 0.1) is 0 Å². The van der Waals surface area contributed by atoms with E-state index in [-0.39, 0.29) is 11.6 Å². The Labute approximate surface area is 98.9 Å².